The van der Waals surface area contributed by atoms with Gasteiger partial charge in [0.2, 0.25) is 0 Å². The molecule has 1 amide bonds. The van der Waals surface area contributed by atoms with Crippen LogP contribution in [0.15, 0.2) is 97.1 Å². The second kappa shape index (κ2) is 10.5. The van der Waals surface area contributed by atoms with E-state index in [1.807, 2.05) is 48.5 Å². The molecule has 0 fully saturated rings. The fourth-order valence-electron chi connectivity index (χ4n) is 5.49. The summed E-state index contributed by atoms with van der Waals surface area (Å²) in [7, 11) is 0. The number of alkyl carbamates (subject to hydrolysis) is 1. The minimum atomic E-state index is -0.981. The standard InChI is InChI=1S/C31H24N2O7/c34-30(38-18-27-25-11-5-3-9-23(25)24-10-4-6-12-26(24)27)32-29-22-8-2-1-7-19(22)17-28(29)40-31(35)39-21-15-13-20(14-16-21)33(36)37/h1-16,27-29H,17-18H2,(H,32,34)/t28-,29+/m0/s1. The maximum Gasteiger partial charge on any atom is 0.514 e. The van der Waals surface area contributed by atoms with Crippen molar-refractivity contribution in [2.45, 2.75) is 24.5 Å². The van der Waals surface area contributed by atoms with Crippen LogP contribution in [0.1, 0.15) is 34.2 Å². The topological polar surface area (TPSA) is 117 Å². The normalized spacial score (nSPS) is 16.8. The predicted octanol–water partition coefficient (Wildman–Crippen LogP) is 6.31. The highest BCUT2D eigenvalue weighted by Gasteiger charge is 2.37. The first-order valence-electron chi connectivity index (χ1n) is 12.8. The van der Waals surface area contributed by atoms with Gasteiger partial charge in [-0.05, 0) is 45.5 Å². The number of carbonyl (C=O) groups excluding carboxylic acids is 2. The van der Waals surface area contributed by atoms with Crippen LogP contribution in [-0.2, 0) is 15.9 Å². The molecule has 0 spiro atoms. The van der Waals surface area contributed by atoms with Gasteiger partial charge in [0.1, 0.15) is 18.5 Å². The van der Waals surface area contributed by atoms with Crippen molar-refractivity contribution in [3.05, 3.63) is 129 Å². The van der Waals surface area contributed by atoms with E-state index in [1.165, 1.54) is 24.3 Å². The average molecular weight is 537 g/mol. The van der Waals surface area contributed by atoms with Gasteiger partial charge in [-0.1, -0.05) is 72.8 Å². The molecule has 200 valence electrons. The van der Waals surface area contributed by atoms with Gasteiger partial charge in [-0.3, -0.25) is 10.1 Å². The molecule has 2 aliphatic carbocycles. The second-order valence-electron chi connectivity index (χ2n) is 9.61. The molecule has 2 atom stereocenters. The summed E-state index contributed by atoms with van der Waals surface area (Å²) in [5.74, 6) is 0.0184. The van der Waals surface area contributed by atoms with Crippen molar-refractivity contribution in [3.8, 4) is 16.9 Å². The third-order valence-electron chi connectivity index (χ3n) is 7.30. The number of non-ortho nitro benzene ring substituents is 1. The summed E-state index contributed by atoms with van der Waals surface area (Å²) in [5, 5.41) is 13.7. The highest BCUT2D eigenvalue weighted by molar-refractivity contribution is 5.79. The van der Waals surface area contributed by atoms with E-state index in [0.717, 1.165) is 33.4 Å². The summed E-state index contributed by atoms with van der Waals surface area (Å²) in [6, 6.07) is 28.1. The Hall–Kier alpha value is -5.18. The molecule has 0 radical (unpaired) electrons. The summed E-state index contributed by atoms with van der Waals surface area (Å²) in [5.41, 5.74) is 6.12. The lowest BCUT2D eigenvalue weighted by atomic mass is 9.98. The number of amides is 1. The monoisotopic (exact) mass is 536 g/mol. The minimum absolute atomic E-state index is 0.0854. The number of hydrogen-bond donors (Lipinski definition) is 1. The van der Waals surface area contributed by atoms with Gasteiger partial charge in [0.15, 0.2) is 0 Å². The molecular formula is C31H24N2O7. The smallest absolute Gasteiger partial charge is 0.449 e. The van der Waals surface area contributed by atoms with Gasteiger partial charge in [-0.25, -0.2) is 9.59 Å². The summed E-state index contributed by atoms with van der Waals surface area (Å²) in [4.78, 5) is 35.9. The molecule has 0 saturated carbocycles. The number of hydrogen-bond acceptors (Lipinski definition) is 7. The molecule has 4 aromatic rings. The molecule has 9 heteroatoms. The van der Waals surface area contributed by atoms with Crippen LogP contribution in [-0.4, -0.2) is 29.9 Å². The Bertz CT molecular complexity index is 1560. The lowest BCUT2D eigenvalue weighted by molar-refractivity contribution is -0.384. The molecule has 2 aliphatic rings. The van der Waals surface area contributed by atoms with Gasteiger partial charge in [0.05, 0.1) is 11.0 Å². The largest absolute Gasteiger partial charge is 0.514 e. The lowest BCUT2D eigenvalue weighted by Crippen LogP contribution is -2.37. The Morgan fingerprint density at radius 3 is 2.08 bits per heavy atom. The van der Waals surface area contributed by atoms with E-state index in [-0.39, 0.29) is 24.0 Å². The number of nitro groups is 1. The van der Waals surface area contributed by atoms with Gasteiger partial charge < -0.3 is 19.5 Å². The summed E-state index contributed by atoms with van der Waals surface area (Å²) < 4.78 is 16.5. The summed E-state index contributed by atoms with van der Waals surface area (Å²) in [6.45, 7) is 0.155. The van der Waals surface area contributed by atoms with E-state index in [4.69, 9.17) is 14.2 Å². The zero-order chi connectivity index (χ0) is 27.6. The number of fused-ring (bicyclic) bond motifs is 4. The number of nitrogens with zero attached hydrogens (tertiary/aromatic N) is 1. The van der Waals surface area contributed by atoms with Gasteiger partial charge in [0, 0.05) is 24.5 Å². The first-order chi connectivity index (χ1) is 19.5. The van der Waals surface area contributed by atoms with Gasteiger partial charge in [0.25, 0.3) is 5.69 Å². The van der Waals surface area contributed by atoms with Crippen LogP contribution in [0, 0.1) is 10.1 Å². The average Bonchev–Trinajstić information content (AvgIpc) is 3.47. The first-order valence-corrected chi connectivity index (χ1v) is 12.8. The Kier molecular flexibility index (Phi) is 6.61. The van der Waals surface area contributed by atoms with Crippen molar-refractivity contribution in [2.75, 3.05) is 6.61 Å². The van der Waals surface area contributed by atoms with E-state index in [1.54, 1.807) is 0 Å². The molecule has 0 aromatic heterocycles. The number of benzene rings is 4. The van der Waals surface area contributed by atoms with E-state index >= 15 is 0 Å². The molecule has 6 rings (SSSR count). The van der Waals surface area contributed by atoms with E-state index < -0.39 is 29.3 Å². The Morgan fingerprint density at radius 2 is 1.43 bits per heavy atom. The van der Waals surface area contributed by atoms with E-state index in [9.17, 15) is 19.7 Å². The van der Waals surface area contributed by atoms with Crippen molar-refractivity contribution in [1.29, 1.82) is 0 Å². The quantitative estimate of drug-likeness (QED) is 0.133. The Labute approximate surface area is 229 Å². The van der Waals surface area contributed by atoms with Crippen LogP contribution in [0.2, 0.25) is 0 Å². The van der Waals surface area contributed by atoms with E-state index in [0.29, 0.717) is 6.42 Å². The Balaban J connectivity index is 1.13. The number of ether oxygens (including phenoxy) is 3. The lowest BCUT2D eigenvalue weighted by Gasteiger charge is -2.22. The maximum absolute atomic E-state index is 13.0. The van der Waals surface area contributed by atoms with Gasteiger partial charge >= 0.3 is 12.2 Å². The third-order valence-corrected chi connectivity index (χ3v) is 7.30. The first kappa shape index (κ1) is 25.1. The van der Waals surface area contributed by atoms with Crippen LogP contribution in [0.25, 0.3) is 11.1 Å². The van der Waals surface area contributed by atoms with Gasteiger partial charge in [-0.15, -0.1) is 0 Å². The van der Waals surface area contributed by atoms with Crippen LogP contribution in [0.4, 0.5) is 15.3 Å². The molecule has 4 aromatic carbocycles. The van der Waals surface area contributed by atoms with Crippen molar-refractivity contribution >= 4 is 17.9 Å². The van der Waals surface area contributed by atoms with Gasteiger partial charge in [-0.2, -0.15) is 0 Å². The highest BCUT2D eigenvalue weighted by Crippen LogP contribution is 2.44. The molecular weight excluding hydrogens is 512 g/mol. The third kappa shape index (κ3) is 4.84. The molecule has 0 aliphatic heterocycles. The molecule has 1 N–H and O–H groups in total. The minimum Gasteiger partial charge on any atom is -0.449 e. The molecule has 0 heterocycles. The molecule has 0 bridgehead atoms. The molecule has 0 unspecified atom stereocenters. The van der Waals surface area contributed by atoms with Crippen molar-refractivity contribution < 1.29 is 28.7 Å². The van der Waals surface area contributed by atoms with Crippen LogP contribution in [0.5, 0.6) is 5.75 Å². The van der Waals surface area contributed by atoms with Crippen LogP contribution in [0.3, 0.4) is 0 Å². The predicted molar refractivity (Wildman–Crippen MR) is 145 cm³/mol. The van der Waals surface area contributed by atoms with Crippen LogP contribution >= 0.6 is 0 Å². The molecule has 40 heavy (non-hydrogen) atoms. The zero-order valence-corrected chi connectivity index (χ0v) is 21.2. The summed E-state index contributed by atoms with van der Waals surface area (Å²) in [6.07, 6.45) is -1.96. The molecule has 0 saturated heterocycles. The van der Waals surface area contributed by atoms with Crippen molar-refractivity contribution in [1.82, 2.24) is 5.32 Å². The highest BCUT2D eigenvalue weighted by atomic mass is 16.7. The van der Waals surface area contributed by atoms with Crippen LogP contribution < -0.4 is 10.1 Å². The number of rotatable bonds is 6. The number of nitro benzene ring substituents is 1. The van der Waals surface area contributed by atoms with Crippen molar-refractivity contribution in [2.24, 2.45) is 0 Å². The molecule has 9 nitrogen and oxygen atoms in total. The fraction of sp³-hybridized carbons (Fsp3) is 0.161. The van der Waals surface area contributed by atoms with Crippen molar-refractivity contribution in [3.63, 3.8) is 0 Å². The fourth-order valence-corrected chi connectivity index (χ4v) is 5.49. The number of carbonyl (C=O) groups is 2. The number of nitrogens with one attached hydrogen (secondary N) is 1. The SMILES string of the molecule is O=C(N[C@@H]1c2ccccc2C[C@@H]1OC(=O)Oc1ccc([N+](=O)[O-])cc1)OCC1c2ccccc2-c2ccccc21. The zero-order valence-electron chi connectivity index (χ0n) is 21.2. The second-order valence-corrected chi connectivity index (χ2v) is 9.61. The maximum atomic E-state index is 13.0. The summed E-state index contributed by atoms with van der Waals surface area (Å²) >= 11 is 0. The Morgan fingerprint density at radius 1 is 0.825 bits per heavy atom. The van der Waals surface area contributed by atoms with E-state index in [2.05, 4.69) is 29.6 Å².